The van der Waals surface area contributed by atoms with Crippen molar-refractivity contribution < 1.29 is 4.42 Å². The molecule has 2 nitrogen and oxygen atoms in total. The molecule has 0 radical (unpaired) electrons. The van der Waals surface area contributed by atoms with E-state index in [0.717, 1.165) is 44.4 Å². The van der Waals surface area contributed by atoms with Crippen LogP contribution < -0.4 is 4.90 Å². The maximum Gasteiger partial charge on any atom is 0.159 e. The van der Waals surface area contributed by atoms with Crippen LogP contribution in [-0.2, 0) is 0 Å². The lowest BCUT2D eigenvalue weighted by atomic mass is 9.93. The second-order valence-electron chi connectivity index (χ2n) is 13.3. The molecule has 0 amide bonds. The summed E-state index contributed by atoms with van der Waals surface area (Å²) in [5.74, 6) is 0. The van der Waals surface area contributed by atoms with E-state index in [1.54, 1.807) is 0 Å². The van der Waals surface area contributed by atoms with E-state index in [1.807, 2.05) is 0 Å². The summed E-state index contributed by atoms with van der Waals surface area (Å²) < 4.78 is 6.93. The molecule has 0 aliphatic carbocycles. The van der Waals surface area contributed by atoms with Crippen LogP contribution in [0.4, 0.5) is 17.1 Å². The van der Waals surface area contributed by atoms with E-state index in [4.69, 9.17) is 4.42 Å². The smallest absolute Gasteiger partial charge is 0.159 e. The molecule has 0 N–H and O–H groups in total. The summed E-state index contributed by atoms with van der Waals surface area (Å²) in [6.45, 7) is 0. The highest BCUT2D eigenvalue weighted by Gasteiger charge is 2.22. The summed E-state index contributed by atoms with van der Waals surface area (Å²) >= 11 is 0. The molecule has 10 aromatic rings. The molecule has 244 valence electrons. The van der Waals surface area contributed by atoms with E-state index in [9.17, 15) is 0 Å². The number of hydrogen-bond acceptors (Lipinski definition) is 2. The van der Waals surface area contributed by atoms with Crippen molar-refractivity contribution >= 4 is 60.5 Å². The molecule has 0 unspecified atom stereocenters. The van der Waals surface area contributed by atoms with Gasteiger partial charge < -0.3 is 9.32 Å². The van der Waals surface area contributed by atoms with Crippen LogP contribution in [0.3, 0.4) is 0 Å². The predicted molar refractivity (Wildman–Crippen MR) is 220 cm³/mol. The standard InChI is InChI=1S/C50H33NO/c1-3-13-34(14-4-1)43-32-30-40(33-47(43)36-15-5-2-6-16-36)51(39-28-25-38(26-29-39)42-22-11-19-35-17-7-9-20-41(35)42)48-24-12-23-45-46-31-27-37-18-8-10-21-44(37)49(46)52-50(45)48/h1-33H. The van der Waals surface area contributed by atoms with Crippen molar-refractivity contribution in [2.45, 2.75) is 0 Å². The van der Waals surface area contributed by atoms with Gasteiger partial charge in [0.1, 0.15) is 5.58 Å². The fourth-order valence-corrected chi connectivity index (χ4v) is 7.78. The molecule has 0 aliphatic rings. The number of furan rings is 1. The monoisotopic (exact) mass is 663 g/mol. The van der Waals surface area contributed by atoms with Gasteiger partial charge in [0.25, 0.3) is 0 Å². The molecule has 1 heterocycles. The van der Waals surface area contributed by atoms with Crippen molar-refractivity contribution in [3.63, 3.8) is 0 Å². The number of nitrogens with zero attached hydrogens (tertiary/aromatic N) is 1. The first kappa shape index (κ1) is 30.0. The molecule has 0 atom stereocenters. The molecule has 9 aromatic carbocycles. The van der Waals surface area contributed by atoms with E-state index >= 15 is 0 Å². The number of para-hydroxylation sites is 1. The Morgan fingerprint density at radius 2 is 0.865 bits per heavy atom. The van der Waals surface area contributed by atoms with Gasteiger partial charge in [0, 0.05) is 27.5 Å². The third kappa shape index (κ3) is 5.04. The number of anilines is 3. The van der Waals surface area contributed by atoms with Crippen LogP contribution in [-0.4, -0.2) is 0 Å². The summed E-state index contributed by atoms with van der Waals surface area (Å²) in [6, 6.07) is 71.6. The Kier molecular flexibility index (Phi) is 7.18. The SMILES string of the molecule is c1ccc(-c2ccc(N(c3ccc(-c4cccc5ccccc45)cc3)c3cccc4c3oc3c5ccccc5ccc43)cc2-c2ccccc2)cc1. The molecule has 10 rings (SSSR count). The van der Waals surface area contributed by atoms with Gasteiger partial charge in [-0.1, -0.05) is 164 Å². The Hall–Kier alpha value is -6.90. The zero-order valence-electron chi connectivity index (χ0n) is 28.4. The fourth-order valence-electron chi connectivity index (χ4n) is 7.78. The van der Waals surface area contributed by atoms with Crippen molar-refractivity contribution in [2.75, 3.05) is 4.90 Å². The third-order valence-electron chi connectivity index (χ3n) is 10.3. The fraction of sp³-hybridized carbons (Fsp3) is 0. The van der Waals surface area contributed by atoms with Crippen LogP contribution in [0.5, 0.6) is 0 Å². The first-order valence-corrected chi connectivity index (χ1v) is 17.8. The minimum atomic E-state index is 0.861. The van der Waals surface area contributed by atoms with E-state index < -0.39 is 0 Å². The topological polar surface area (TPSA) is 16.4 Å². The Morgan fingerprint density at radius 3 is 1.63 bits per heavy atom. The molecule has 1 aromatic heterocycles. The van der Waals surface area contributed by atoms with Crippen molar-refractivity contribution in [3.05, 3.63) is 200 Å². The summed E-state index contributed by atoms with van der Waals surface area (Å²) in [6.07, 6.45) is 0. The van der Waals surface area contributed by atoms with Crippen LogP contribution in [0.15, 0.2) is 205 Å². The van der Waals surface area contributed by atoms with Crippen LogP contribution in [0, 0.1) is 0 Å². The lowest BCUT2D eigenvalue weighted by Gasteiger charge is -2.27. The first-order valence-electron chi connectivity index (χ1n) is 17.8. The van der Waals surface area contributed by atoms with Crippen molar-refractivity contribution in [1.29, 1.82) is 0 Å². The highest BCUT2D eigenvalue weighted by Crippen LogP contribution is 2.46. The molecule has 0 spiro atoms. The Balaban J connectivity index is 1.21. The lowest BCUT2D eigenvalue weighted by molar-refractivity contribution is 0.673. The van der Waals surface area contributed by atoms with E-state index in [1.165, 1.54) is 49.5 Å². The molecule has 0 bridgehead atoms. The molecule has 2 heteroatoms. The minimum absolute atomic E-state index is 0.861. The van der Waals surface area contributed by atoms with Gasteiger partial charge >= 0.3 is 0 Å². The Morgan fingerprint density at radius 1 is 0.308 bits per heavy atom. The zero-order valence-corrected chi connectivity index (χ0v) is 28.4. The summed E-state index contributed by atoms with van der Waals surface area (Å²) in [5.41, 5.74) is 12.0. The molecular weight excluding hydrogens is 631 g/mol. The van der Waals surface area contributed by atoms with Crippen molar-refractivity contribution in [1.82, 2.24) is 0 Å². The average molecular weight is 664 g/mol. The van der Waals surface area contributed by atoms with Gasteiger partial charge in [-0.05, 0) is 85.9 Å². The second-order valence-corrected chi connectivity index (χ2v) is 13.3. The van der Waals surface area contributed by atoms with Gasteiger partial charge in [-0.25, -0.2) is 0 Å². The van der Waals surface area contributed by atoms with Gasteiger partial charge in [-0.3, -0.25) is 0 Å². The molecule has 52 heavy (non-hydrogen) atoms. The summed E-state index contributed by atoms with van der Waals surface area (Å²) in [7, 11) is 0. The molecular formula is C50H33NO. The second kappa shape index (κ2) is 12.5. The quantitative estimate of drug-likeness (QED) is 0.176. The molecule has 0 aliphatic heterocycles. The molecule has 0 saturated carbocycles. The third-order valence-corrected chi connectivity index (χ3v) is 10.3. The van der Waals surface area contributed by atoms with Crippen LogP contribution in [0.25, 0.3) is 76.9 Å². The molecule has 0 saturated heterocycles. The maximum atomic E-state index is 6.93. The van der Waals surface area contributed by atoms with E-state index in [2.05, 4.69) is 205 Å². The average Bonchev–Trinajstić information content (AvgIpc) is 3.62. The molecule has 0 fully saturated rings. The first-order chi connectivity index (χ1) is 25.8. The van der Waals surface area contributed by atoms with Crippen LogP contribution >= 0.6 is 0 Å². The van der Waals surface area contributed by atoms with Crippen molar-refractivity contribution in [3.8, 4) is 33.4 Å². The minimum Gasteiger partial charge on any atom is -0.453 e. The van der Waals surface area contributed by atoms with Crippen LogP contribution in [0.2, 0.25) is 0 Å². The predicted octanol–water partition coefficient (Wildman–Crippen LogP) is 14.4. The summed E-state index contributed by atoms with van der Waals surface area (Å²) in [4.78, 5) is 2.35. The maximum absolute atomic E-state index is 6.93. The highest BCUT2D eigenvalue weighted by atomic mass is 16.3. The van der Waals surface area contributed by atoms with Gasteiger partial charge in [0.2, 0.25) is 0 Å². The number of hydrogen-bond donors (Lipinski definition) is 0. The Labute approximate surface area is 302 Å². The van der Waals surface area contributed by atoms with Crippen LogP contribution in [0.1, 0.15) is 0 Å². The zero-order chi connectivity index (χ0) is 34.4. The van der Waals surface area contributed by atoms with Gasteiger partial charge in [0.05, 0.1) is 5.69 Å². The van der Waals surface area contributed by atoms with Gasteiger partial charge in [0.15, 0.2) is 5.58 Å². The lowest BCUT2D eigenvalue weighted by Crippen LogP contribution is -2.10. The van der Waals surface area contributed by atoms with Gasteiger partial charge in [-0.15, -0.1) is 0 Å². The van der Waals surface area contributed by atoms with Crippen molar-refractivity contribution in [2.24, 2.45) is 0 Å². The van der Waals surface area contributed by atoms with E-state index in [-0.39, 0.29) is 0 Å². The number of benzene rings is 9. The van der Waals surface area contributed by atoms with E-state index in [0.29, 0.717) is 0 Å². The number of rotatable bonds is 6. The number of fused-ring (bicyclic) bond motifs is 6. The summed E-state index contributed by atoms with van der Waals surface area (Å²) in [5, 5.41) is 6.98. The Bertz CT molecular complexity index is 2880. The largest absolute Gasteiger partial charge is 0.453 e. The van der Waals surface area contributed by atoms with Gasteiger partial charge in [-0.2, -0.15) is 0 Å². The highest BCUT2D eigenvalue weighted by molar-refractivity contribution is 6.17. The normalized spacial score (nSPS) is 11.5.